The fraction of sp³-hybridized carbons (Fsp3) is 0.588. The molecule has 0 heterocycles. The number of carbonyl (C=O) groups excluding carboxylic acids is 1. The van der Waals surface area contributed by atoms with Gasteiger partial charge in [-0.25, -0.2) is 4.79 Å². The highest BCUT2D eigenvalue weighted by Gasteiger charge is 2.50. The van der Waals surface area contributed by atoms with E-state index in [1.807, 2.05) is 0 Å². The molecule has 2 atom stereocenters. The first-order valence-electron chi connectivity index (χ1n) is 7.94. The van der Waals surface area contributed by atoms with Gasteiger partial charge in [0.25, 0.3) is 0 Å². The molecule has 1 N–H and O–H groups in total. The van der Waals surface area contributed by atoms with Crippen molar-refractivity contribution in [3.05, 3.63) is 29.8 Å². The molecule has 0 aromatic heterocycles. The number of amides is 1. The predicted octanol–water partition coefficient (Wildman–Crippen LogP) is 4.01. The number of alkyl carbamates (subject to hydrolysis) is 1. The van der Waals surface area contributed by atoms with Crippen LogP contribution in [0.15, 0.2) is 24.3 Å². The SMILES string of the molecule is CCC(C)(c1ccc(OC(C)OCCOC(=O)NC)cc1)C(F)(F)F. The topological polar surface area (TPSA) is 56.8 Å². The molecule has 1 rings (SSSR count). The highest BCUT2D eigenvalue weighted by molar-refractivity contribution is 5.66. The lowest BCUT2D eigenvalue weighted by Crippen LogP contribution is -2.38. The van der Waals surface area contributed by atoms with Gasteiger partial charge in [0, 0.05) is 7.05 Å². The largest absolute Gasteiger partial charge is 0.465 e. The van der Waals surface area contributed by atoms with E-state index < -0.39 is 24.0 Å². The zero-order chi connectivity index (χ0) is 19.1. The van der Waals surface area contributed by atoms with Crippen LogP contribution < -0.4 is 10.1 Å². The van der Waals surface area contributed by atoms with Gasteiger partial charge in [0.2, 0.25) is 0 Å². The third-order valence-electron chi connectivity index (χ3n) is 4.00. The lowest BCUT2D eigenvalue weighted by molar-refractivity contribution is -0.186. The molecular weight excluding hydrogens is 339 g/mol. The minimum atomic E-state index is -4.33. The maximum absolute atomic E-state index is 13.3. The Bertz CT molecular complexity index is 548. The Labute approximate surface area is 145 Å². The lowest BCUT2D eigenvalue weighted by Gasteiger charge is -2.31. The smallest absolute Gasteiger partial charge is 0.406 e. The Hall–Kier alpha value is -1.96. The summed E-state index contributed by atoms with van der Waals surface area (Å²) in [5.41, 5.74) is -1.72. The van der Waals surface area contributed by atoms with Gasteiger partial charge in [-0.2, -0.15) is 13.2 Å². The molecule has 0 fully saturated rings. The fourth-order valence-electron chi connectivity index (χ4n) is 2.12. The van der Waals surface area contributed by atoms with Gasteiger partial charge in [0.15, 0.2) is 6.29 Å². The van der Waals surface area contributed by atoms with Crippen LogP contribution in [0.25, 0.3) is 0 Å². The number of hydrogen-bond acceptors (Lipinski definition) is 4. The maximum Gasteiger partial charge on any atom is 0.406 e. The lowest BCUT2D eigenvalue weighted by atomic mass is 9.79. The first kappa shape index (κ1) is 21.1. The molecule has 1 aromatic rings. The van der Waals surface area contributed by atoms with Crippen LogP contribution in [0.1, 0.15) is 32.8 Å². The average Bonchev–Trinajstić information content (AvgIpc) is 2.57. The Balaban J connectivity index is 2.58. The Morgan fingerprint density at radius 1 is 1.20 bits per heavy atom. The van der Waals surface area contributed by atoms with E-state index in [4.69, 9.17) is 14.2 Å². The van der Waals surface area contributed by atoms with Crippen LogP contribution >= 0.6 is 0 Å². The van der Waals surface area contributed by atoms with E-state index >= 15 is 0 Å². The molecule has 5 nitrogen and oxygen atoms in total. The second-order valence-corrected chi connectivity index (χ2v) is 5.65. The molecule has 0 spiro atoms. The Morgan fingerprint density at radius 2 is 1.80 bits per heavy atom. The number of carbonyl (C=O) groups is 1. The van der Waals surface area contributed by atoms with Crippen molar-refractivity contribution in [2.24, 2.45) is 0 Å². The molecule has 8 heteroatoms. The van der Waals surface area contributed by atoms with Crippen LogP contribution in [-0.2, 0) is 14.9 Å². The van der Waals surface area contributed by atoms with E-state index in [0.29, 0.717) is 5.75 Å². The molecule has 0 radical (unpaired) electrons. The molecule has 25 heavy (non-hydrogen) atoms. The number of alkyl halides is 3. The van der Waals surface area contributed by atoms with Crippen LogP contribution in [0.3, 0.4) is 0 Å². The molecule has 142 valence electrons. The standard InChI is InChI=1S/C17H24F3NO4/c1-5-16(3,17(18,19)20)13-6-8-14(9-7-13)25-12(2)23-10-11-24-15(22)21-4/h6-9,12H,5,10-11H2,1-4H3,(H,21,22). The van der Waals surface area contributed by atoms with Gasteiger partial charge in [-0.1, -0.05) is 19.1 Å². The number of ether oxygens (including phenoxy) is 3. The number of nitrogens with one attached hydrogen (secondary N) is 1. The van der Waals surface area contributed by atoms with Crippen molar-refractivity contribution in [1.29, 1.82) is 0 Å². The molecule has 0 aliphatic heterocycles. The third-order valence-corrected chi connectivity index (χ3v) is 4.00. The van der Waals surface area contributed by atoms with E-state index in [1.165, 1.54) is 45.2 Å². The van der Waals surface area contributed by atoms with E-state index in [1.54, 1.807) is 6.92 Å². The summed E-state index contributed by atoms with van der Waals surface area (Å²) in [6.07, 6.45) is -5.58. The van der Waals surface area contributed by atoms with Crippen molar-refractivity contribution in [1.82, 2.24) is 5.32 Å². The van der Waals surface area contributed by atoms with Crippen LogP contribution in [0.2, 0.25) is 0 Å². The van der Waals surface area contributed by atoms with E-state index in [0.717, 1.165) is 0 Å². The highest BCUT2D eigenvalue weighted by atomic mass is 19.4. The maximum atomic E-state index is 13.3. The molecule has 0 aliphatic rings. The summed E-state index contributed by atoms with van der Waals surface area (Å²) in [5, 5.41) is 2.30. The number of rotatable bonds is 8. The van der Waals surface area contributed by atoms with E-state index in [-0.39, 0.29) is 25.2 Å². The molecule has 0 saturated heterocycles. The predicted molar refractivity (Wildman–Crippen MR) is 86.6 cm³/mol. The third kappa shape index (κ3) is 5.81. The molecule has 2 unspecified atom stereocenters. The van der Waals surface area contributed by atoms with Crippen LogP contribution in [0.4, 0.5) is 18.0 Å². The summed E-state index contributed by atoms with van der Waals surface area (Å²) in [6, 6.07) is 5.78. The van der Waals surface area contributed by atoms with Gasteiger partial charge in [-0.15, -0.1) is 0 Å². The van der Waals surface area contributed by atoms with Crippen molar-refractivity contribution >= 4 is 6.09 Å². The molecule has 0 saturated carbocycles. The minimum Gasteiger partial charge on any atom is -0.465 e. The van der Waals surface area contributed by atoms with E-state index in [9.17, 15) is 18.0 Å². The van der Waals surface area contributed by atoms with Crippen molar-refractivity contribution in [2.45, 2.75) is 45.1 Å². The average molecular weight is 363 g/mol. The monoisotopic (exact) mass is 363 g/mol. The van der Waals surface area contributed by atoms with Gasteiger partial charge in [-0.05, 0) is 38.0 Å². The summed E-state index contributed by atoms with van der Waals surface area (Å²) in [6.45, 7) is 4.52. The van der Waals surface area contributed by atoms with Gasteiger partial charge >= 0.3 is 12.3 Å². The van der Waals surface area contributed by atoms with Gasteiger partial charge in [-0.3, -0.25) is 0 Å². The second kappa shape index (κ2) is 8.94. The number of halogens is 3. The summed E-state index contributed by atoms with van der Waals surface area (Å²) in [5.74, 6) is 0.393. The summed E-state index contributed by atoms with van der Waals surface area (Å²) in [4.78, 5) is 10.9. The molecule has 1 amide bonds. The minimum absolute atomic E-state index is 0.0540. The van der Waals surface area contributed by atoms with Crippen LogP contribution in [0.5, 0.6) is 5.75 Å². The van der Waals surface area contributed by atoms with Crippen molar-refractivity contribution < 1.29 is 32.2 Å². The summed E-state index contributed by atoms with van der Waals surface area (Å²) < 4.78 is 55.3. The highest BCUT2D eigenvalue weighted by Crippen LogP contribution is 2.43. The quantitative estimate of drug-likeness (QED) is 0.560. The molecule has 1 aromatic carbocycles. The van der Waals surface area contributed by atoms with Gasteiger partial charge in [0.1, 0.15) is 12.4 Å². The van der Waals surface area contributed by atoms with Crippen LogP contribution in [-0.4, -0.2) is 38.8 Å². The zero-order valence-corrected chi connectivity index (χ0v) is 14.8. The first-order valence-corrected chi connectivity index (χ1v) is 7.94. The summed E-state index contributed by atoms with van der Waals surface area (Å²) in [7, 11) is 1.45. The second-order valence-electron chi connectivity index (χ2n) is 5.65. The zero-order valence-electron chi connectivity index (χ0n) is 14.8. The first-order chi connectivity index (χ1) is 11.6. The normalized spacial score (nSPS) is 15.2. The molecule has 0 bridgehead atoms. The molecule has 0 aliphatic carbocycles. The van der Waals surface area contributed by atoms with Gasteiger partial charge in [0.05, 0.1) is 12.0 Å². The summed E-state index contributed by atoms with van der Waals surface area (Å²) >= 11 is 0. The number of benzene rings is 1. The fourth-order valence-corrected chi connectivity index (χ4v) is 2.12. The van der Waals surface area contributed by atoms with E-state index in [2.05, 4.69) is 5.32 Å². The van der Waals surface area contributed by atoms with Crippen molar-refractivity contribution in [3.8, 4) is 5.75 Å². The molecular formula is C17H24F3NO4. The van der Waals surface area contributed by atoms with Crippen LogP contribution in [0, 0.1) is 0 Å². The van der Waals surface area contributed by atoms with Crippen molar-refractivity contribution in [3.63, 3.8) is 0 Å². The Morgan fingerprint density at radius 3 is 2.28 bits per heavy atom. The van der Waals surface area contributed by atoms with Crippen molar-refractivity contribution in [2.75, 3.05) is 20.3 Å². The van der Waals surface area contributed by atoms with Gasteiger partial charge < -0.3 is 19.5 Å². The number of hydrogen-bond donors (Lipinski definition) is 1. The Kier molecular flexibility index (Phi) is 7.54.